The Morgan fingerprint density at radius 1 is 1.04 bits per heavy atom. The molecule has 5 nitrogen and oxygen atoms in total. The molecule has 0 spiro atoms. The lowest BCUT2D eigenvalue weighted by molar-refractivity contribution is 0.00578. The Balaban J connectivity index is 0.000000597. The number of carbonyl (C=O) groups excluding carboxylic acids is 1. The molecule has 1 saturated heterocycles. The molecule has 144 valence electrons. The highest BCUT2D eigenvalue weighted by atomic mass is 19.5. The summed E-state index contributed by atoms with van der Waals surface area (Å²) >= 11 is 0. The highest BCUT2D eigenvalue weighted by molar-refractivity contribution is 6.50. The largest absolute Gasteiger partial charge is 0.673 e. The second kappa shape index (κ2) is 7.80. The van der Waals surface area contributed by atoms with Gasteiger partial charge in [0.05, 0.1) is 5.69 Å². The van der Waals surface area contributed by atoms with E-state index < -0.39 is 24.4 Å². The topological polar surface area (TPSA) is 70.8 Å². The SMILES string of the molecule is CC1(C)OC(=CC=Nc2ccc(C(=O)[OH2+])cc2)OC1(C)C.F[B-](F)(F)F. The van der Waals surface area contributed by atoms with Gasteiger partial charge in [-0.2, -0.15) is 0 Å². The summed E-state index contributed by atoms with van der Waals surface area (Å²) in [6.45, 7) is 7.90. The van der Waals surface area contributed by atoms with Crippen LogP contribution in [-0.2, 0) is 9.47 Å². The van der Waals surface area contributed by atoms with Gasteiger partial charge in [0.1, 0.15) is 16.8 Å². The van der Waals surface area contributed by atoms with Crippen molar-refractivity contribution in [2.45, 2.75) is 38.9 Å². The maximum absolute atomic E-state index is 10.9. The molecule has 1 heterocycles. The third kappa shape index (κ3) is 6.77. The van der Waals surface area contributed by atoms with Gasteiger partial charge in [0, 0.05) is 17.1 Å². The summed E-state index contributed by atoms with van der Waals surface area (Å²) in [7, 11) is -6.00. The third-order valence-electron chi connectivity index (χ3n) is 3.73. The van der Waals surface area contributed by atoms with Gasteiger partial charge in [-0.1, -0.05) is 0 Å². The van der Waals surface area contributed by atoms with Crippen LogP contribution in [0.5, 0.6) is 0 Å². The Morgan fingerprint density at radius 3 is 1.85 bits per heavy atom. The molecule has 2 N–H and O–H groups in total. The molecule has 1 fully saturated rings. The van der Waals surface area contributed by atoms with Crippen LogP contribution in [0.15, 0.2) is 41.3 Å². The highest BCUT2D eigenvalue weighted by Crippen LogP contribution is 2.39. The maximum Gasteiger partial charge on any atom is 0.673 e. The average molecular weight is 377 g/mol. The predicted molar refractivity (Wildman–Crippen MR) is 91.1 cm³/mol. The van der Waals surface area contributed by atoms with E-state index in [4.69, 9.17) is 14.6 Å². The zero-order chi connectivity index (χ0) is 20.2. The molecule has 0 aliphatic carbocycles. The minimum absolute atomic E-state index is 0.346. The van der Waals surface area contributed by atoms with Crippen molar-refractivity contribution in [2.75, 3.05) is 0 Å². The summed E-state index contributed by atoms with van der Waals surface area (Å²) in [4.78, 5) is 15.1. The van der Waals surface area contributed by atoms with Crippen molar-refractivity contribution in [3.05, 3.63) is 41.9 Å². The highest BCUT2D eigenvalue weighted by Gasteiger charge is 2.48. The molecule has 1 aromatic rings. The Labute approximate surface area is 148 Å². The molecule has 0 aromatic heterocycles. The van der Waals surface area contributed by atoms with Crippen LogP contribution in [0.25, 0.3) is 0 Å². The number of nitrogens with zero attached hydrogens (tertiary/aromatic N) is 1. The third-order valence-corrected chi connectivity index (χ3v) is 3.73. The first kappa shape index (κ1) is 21.5. The van der Waals surface area contributed by atoms with E-state index in [0.29, 0.717) is 17.2 Å². The van der Waals surface area contributed by atoms with E-state index in [1.165, 1.54) is 0 Å². The molecule has 2 rings (SSSR count). The number of aliphatic imine (C=N–C) groups is 1. The van der Waals surface area contributed by atoms with Crippen molar-refractivity contribution >= 4 is 25.1 Å². The molecule has 0 radical (unpaired) electrons. The molecular weight excluding hydrogens is 357 g/mol. The molecule has 0 bridgehead atoms. The van der Waals surface area contributed by atoms with E-state index in [-0.39, 0.29) is 0 Å². The number of halogens is 4. The lowest BCUT2D eigenvalue weighted by Crippen LogP contribution is -2.41. The monoisotopic (exact) mass is 377 g/mol. The summed E-state index contributed by atoms with van der Waals surface area (Å²) in [5, 5.41) is 7.00. The van der Waals surface area contributed by atoms with Crippen molar-refractivity contribution < 1.29 is 36.6 Å². The van der Waals surface area contributed by atoms with Crippen LogP contribution in [0, 0.1) is 0 Å². The van der Waals surface area contributed by atoms with Crippen LogP contribution in [0.3, 0.4) is 0 Å². The molecule has 0 amide bonds. The second-order valence-electron chi connectivity index (χ2n) is 6.36. The average Bonchev–Trinajstić information content (AvgIpc) is 2.65. The van der Waals surface area contributed by atoms with E-state index in [2.05, 4.69) is 4.99 Å². The van der Waals surface area contributed by atoms with Crippen LogP contribution in [0.4, 0.5) is 23.0 Å². The minimum atomic E-state index is -6.00. The van der Waals surface area contributed by atoms with E-state index in [9.17, 15) is 22.1 Å². The molecule has 0 saturated carbocycles. The fraction of sp³-hybridized carbons (Fsp3) is 0.375. The fourth-order valence-electron chi connectivity index (χ4n) is 1.72. The molecule has 26 heavy (non-hydrogen) atoms. The Morgan fingerprint density at radius 2 is 1.46 bits per heavy atom. The van der Waals surface area contributed by atoms with Crippen molar-refractivity contribution in [1.29, 1.82) is 0 Å². The summed E-state index contributed by atoms with van der Waals surface area (Å²) < 4.78 is 50.5. The molecular formula is C16H20BF4NO4. The standard InChI is InChI=1S/C16H19NO4.BF4/c1-15(2)16(3,4)21-13(20-15)9-10-17-12-7-5-11(6-8-12)14(18)19;2-1(3,4)5/h5-10H,1-4H3,(H,18,19);/q;-1/p+1. The summed E-state index contributed by atoms with van der Waals surface area (Å²) in [5.41, 5.74) is 0.234. The molecule has 0 unspecified atom stereocenters. The van der Waals surface area contributed by atoms with Gasteiger partial charge in [-0.3, -0.25) is 4.99 Å². The van der Waals surface area contributed by atoms with E-state index in [0.717, 1.165) is 0 Å². The van der Waals surface area contributed by atoms with Gasteiger partial charge >= 0.3 is 13.2 Å². The normalized spacial score (nSPS) is 17.8. The van der Waals surface area contributed by atoms with Gasteiger partial charge in [-0.25, -0.2) is 0 Å². The fourth-order valence-corrected chi connectivity index (χ4v) is 1.72. The summed E-state index contributed by atoms with van der Waals surface area (Å²) in [6.07, 6.45) is 3.25. The molecule has 1 aliphatic heterocycles. The Bertz CT molecular complexity index is 673. The summed E-state index contributed by atoms with van der Waals surface area (Å²) in [6, 6.07) is 6.51. The Kier molecular flexibility index (Phi) is 6.46. The number of carbonyl (C=O) groups is 1. The van der Waals surface area contributed by atoms with Crippen molar-refractivity contribution in [3.63, 3.8) is 0 Å². The molecule has 10 heteroatoms. The van der Waals surface area contributed by atoms with E-state index in [1.54, 1.807) is 36.6 Å². The van der Waals surface area contributed by atoms with Crippen LogP contribution in [-0.4, -0.2) is 35.7 Å². The van der Waals surface area contributed by atoms with Crippen molar-refractivity contribution in [2.24, 2.45) is 4.99 Å². The first-order valence-corrected chi connectivity index (χ1v) is 7.57. The number of allylic oxidation sites excluding steroid dienone is 1. The Hall–Kier alpha value is -2.52. The van der Waals surface area contributed by atoms with Gasteiger partial charge in [-0.15, -0.1) is 0 Å². The molecule has 1 aromatic carbocycles. The number of benzene rings is 1. The van der Waals surface area contributed by atoms with Crippen LogP contribution >= 0.6 is 0 Å². The zero-order valence-corrected chi connectivity index (χ0v) is 14.7. The summed E-state index contributed by atoms with van der Waals surface area (Å²) in [5.74, 6) is -0.267. The number of hydrogen-bond donors (Lipinski definition) is 0. The van der Waals surface area contributed by atoms with Crippen LogP contribution < -0.4 is 0 Å². The van der Waals surface area contributed by atoms with Crippen LogP contribution in [0.1, 0.15) is 38.1 Å². The smallest absolute Gasteiger partial charge is 0.561 e. The van der Waals surface area contributed by atoms with Gasteiger partial charge in [-0.05, 0) is 52.0 Å². The predicted octanol–water partition coefficient (Wildman–Crippen LogP) is 4.00. The van der Waals surface area contributed by atoms with Crippen molar-refractivity contribution in [3.8, 4) is 0 Å². The van der Waals surface area contributed by atoms with Gasteiger partial charge in [0.25, 0.3) is 5.95 Å². The minimum Gasteiger partial charge on any atom is -0.561 e. The first-order valence-electron chi connectivity index (χ1n) is 7.57. The number of rotatable bonds is 3. The van der Waals surface area contributed by atoms with Crippen molar-refractivity contribution in [1.82, 2.24) is 0 Å². The lowest BCUT2D eigenvalue weighted by atomic mass is 9.90. The first-order chi connectivity index (χ1) is 11.7. The second-order valence-corrected chi connectivity index (χ2v) is 6.36. The van der Waals surface area contributed by atoms with Gasteiger partial charge < -0.3 is 31.8 Å². The molecule has 0 atom stereocenters. The van der Waals surface area contributed by atoms with Gasteiger partial charge in [0.2, 0.25) is 0 Å². The van der Waals surface area contributed by atoms with E-state index in [1.807, 2.05) is 27.7 Å². The molecule has 1 aliphatic rings. The number of ether oxygens (including phenoxy) is 2. The van der Waals surface area contributed by atoms with Crippen LogP contribution in [0.2, 0.25) is 0 Å². The zero-order valence-electron chi connectivity index (χ0n) is 14.7. The van der Waals surface area contributed by atoms with Gasteiger partial charge in [0.15, 0.2) is 0 Å². The number of hydrogen-bond acceptors (Lipinski definition) is 4. The van der Waals surface area contributed by atoms with E-state index >= 15 is 0 Å². The quantitative estimate of drug-likeness (QED) is 0.346. The maximum atomic E-state index is 10.9. The lowest BCUT2D eigenvalue weighted by Gasteiger charge is -2.28.